The van der Waals surface area contributed by atoms with Crippen LogP contribution < -0.4 is 5.32 Å². The van der Waals surface area contributed by atoms with E-state index in [1.807, 2.05) is 24.8 Å². The number of benzene rings is 1. The molecule has 0 unspecified atom stereocenters. The van der Waals surface area contributed by atoms with Crippen LogP contribution in [0, 0.1) is 12.7 Å². The van der Waals surface area contributed by atoms with Crippen molar-refractivity contribution in [1.82, 2.24) is 4.98 Å². The standard InChI is InChI=1S/C12H13FN2S2/c1-8-12(17-7-15-8)6-14-9-3-4-11(16-2)10(13)5-9/h3-5,7,14H,6H2,1-2H3. The SMILES string of the molecule is CSc1ccc(NCc2scnc2C)cc1F. The molecule has 0 atom stereocenters. The monoisotopic (exact) mass is 268 g/mol. The molecule has 0 saturated carbocycles. The number of thiazole rings is 1. The normalized spacial score (nSPS) is 10.5. The fourth-order valence-electron chi connectivity index (χ4n) is 1.45. The number of rotatable bonds is 4. The summed E-state index contributed by atoms with van der Waals surface area (Å²) < 4.78 is 13.5. The molecule has 1 aromatic heterocycles. The van der Waals surface area contributed by atoms with Crippen molar-refractivity contribution in [1.29, 1.82) is 0 Å². The first-order chi connectivity index (χ1) is 8.20. The molecule has 0 radical (unpaired) electrons. The fraction of sp³-hybridized carbons (Fsp3) is 0.250. The Hall–Kier alpha value is -1.07. The zero-order valence-corrected chi connectivity index (χ0v) is 11.3. The number of thioether (sulfide) groups is 1. The Balaban J connectivity index is 2.05. The van der Waals surface area contributed by atoms with E-state index in [-0.39, 0.29) is 5.82 Å². The second kappa shape index (κ2) is 5.51. The molecule has 0 aliphatic heterocycles. The zero-order valence-electron chi connectivity index (χ0n) is 9.66. The lowest BCUT2D eigenvalue weighted by Gasteiger charge is -2.07. The van der Waals surface area contributed by atoms with Gasteiger partial charge in [0.1, 0.15) is 5.82 Å². The number of halogens is 1. The van der Waals surface area contributed by atoms with Crippen LogP contribution in [0.2, 0.25) is 0 Å². The van der Waals surface area contributed by atoms with Gasteiger partial charge < -0.3 is 5.32 Å². The van der Waals surface area contributed by atoms with Crippen molar-refractivity contribution in [3.8, 4) is 0 Å². The zero-order chi connectivity index (χ0) is 12.3. The molecule has 0 aliphatic carbocycles. The van der Waals surface area contributed by atoms with E-state index in [0.29, 0.717) is 11.4 Å². The Morgan fingerprint density at radius 2 is 2.29 bits per heavy atom. The summed E-state index contributed by atoms with van der Waals surface area (Å²) in [6.07, 6.45) is 1.87. The van der Waals surface area contributed by atoms with E-state index in [9.17, 15) is 4.39 Å². The van der Waals surface area contributed by atoms with Gasteiger partial charge in [0.05, 0.1) is 17.7 Å². The minimum absolute atomic E-state index is 0.177. The van der Waals surface area contributed by atoms with Crippen LogP contribution in [-0.2, 0) is 6.54 Å². The quantitative estimate of drug-likeness (QED) is 0.851. The first-order valence-electron chi connectivity index (χ1n) is 5.17. The Bertz CT molecular complexity index is 511. The lowest BCUT2D eigenvalue weighted by molar-refractivity contribution is 0.602. The largest absolute Gasteiger partial charge is 0.380 e. The third-order valence-corrected chi connectivity index (χ3v) is 4.16. The molecular formula is C12H13FN2S2. The fourth-order valence-corrected chi connectivity index (χ4v) is 2.63. The van der Waals surface area contributed by atoms with Gasteiger partial charge >= 0.3 is 0 Å². The maximum atomic E-state index is 13.5. The number of aryl methyl sites for hydroxylation is 1. The number of hydrogen-bond donors (Lipinski definition) is 1. The van der Waals surface area contributed by atoms with Crippen molar-refractivity contribution >= 4 is 28.8 Å². The van der Waals surface area contributed by atoms with Crippen LogP contribution in [0.5, 0.6) is 0 Å². The molecular weight excluding hydrogens is 255 g/mol. The van der Waals surface area contributed by atoms with Gasteiger partial charge in [-0.1, -0.05) is 0 Å². The predicted molar refractivity (Wildman–Crippen MR) is 72.4 cm³/mol. The number of nitrogens with zero attached hydrogens (tertiary/aromatic N) is 1. The van der Waals surface area contributed by atoms with E-state index in [1.165, 1.54) is 22.7 Å². The first-order valence-corrected chi connectivity index (χ1v) is 7.27. The average molecular weight is 268 g/mol. The average Bonchev–Trinajstić information content (AvgIpc) is 2.72. The molecule has 90 valence electrons. The molecule has 2 nitrogen and oxygen atoms in total. The van der Waals surface area contributed by atoms with E-state index in [2.05, 4.69) is 10.3 Å². The van der Waals surface area contributed by atoms with Crippen molar-refractivity contribution in [2.45, 2.75) is 18.4 Å². The maximum absolute atomic E-state index is 13.5. The number of aromatic nitrogens is 1. The van der Waals surface area contributed by atoms with Crippen molar-refractivity contribution in [2.24, 2.45) is 0 Å². The third-order valence-electron chi connectivity index (χ3n) is 2.45. The van der Waals surface area contributed by atoms with Crippen molar-refractivity contribution in [3.05, 3.63) is 40.1 Å². The highest BCUT2D eigenvalue weighted by molar-refractivity contribution is 7.98. The van der Waals surface area contributed by atoms with Crippen LogP contribution >= 0.6 is 23.1 Å². The summed E-state index contributed by atoms with van der Waals surface area (Å²) in [7, 11) is 0. The summed E-state index contributed by atoms with van der Waals surface area (Å²) in [4.78, 5) is 6.03. The molecule has 1 aromatic carbocycles. The number of anilines is 1. The summed E-state index contributed by atoms with van der Waals surface area (Å²) in [5.41, 5.74) is 3.65. The molecule has 0 fully saturated rings. The van der Waals surface area contributed by atoms with Gasteiger partial charge in [-0.25, -0.2) is 9.37 Å². The lowest BCUT2D eigenvalue weighted by atomic mass is 10.3. The van der Waals surface area contributed by atoms with Crippen LogP contribution in [0.15, 0.2) is 28.6 Å². The van der Waals surface area contributed by atoms with Crippen LogP contribution in [-0.4, -0.2) is 11.2 Å². The van der Waals surface area contributed by atoms with E-state index < -0.39 is 0 Å². The number of hydrogen-bond acceptors (Lipinski definition) is 4. The second-order valence-electron chi connectivity index (χ2n) is 3.56. The second-order valence-corrected chi connectivity index (χ2v) is 5.35. The minimum atomic E-state index is -0.177. The Labute approximate surface area is 108 Å². The smallest absolute Gasteiger partial charge is 0.138 e. The van der Waals surface area contributed by atoms with Gasteiger partial charge in [0.2, 0.25) is 0 Å². The van der Waals surface area contributed by atoms with E-state index in [4.69, 9.17) is 0 Å². The van der Waals surface area contributed by atoms with Gasteiger partial charge in [0, 0.05) is 15.5 Å². The summed E-state index contributed by atoms with van der Waals surface area (Å²) >= 11 is 3.02. The van der Waals surface area contributed by atoms with Gasteiger partial charge in [0.25, 0.3) is 0 Å². The van der Waals surface area contributed by atoms with Crippen molar-refractivity contribution in [3.63, 3.8) is 0 Å². The van der Waals surface area contributed by atoms with Crippen molar-refractivity contribution < 1.29 is 4.39 Å². The predicted octanol–water partition coefficient (Wildman–Crippen LogP) is 3.92. The van der Waals surface area contributed by atoms with Gasteiger partial charge in [0.15, 0.2) is 0 Å². The van der Waals surface area contributed by atoms with Crippen LogP contribution in [0.1, 0.15) is 10.6 Å². The summed E-state index contributed by atoms with van der Waals surface area (Å²) in [5, 5.41) is 3.20. The van der Waals surface area contributed by atoms with Gasteiger partial charge in [-0.2, -0.15) is 0 Å². The molecule has 0 saturated heterocycles. The minimum Gasteiger partial charge on any atom is -0.380 e. The summed E-state index contributed by atoms with van der Waals surface area (Å²) in [6.45, 7) is 2.67. The topological polar surface area (TPSA) is 24.9 Å². The van der Waals surface area contributed by atoms with Gasteiger partial charge in [-0.3, -0.25) is 0 Å². The molecule has 17 heavy (non-hydrogen) atoms. The number of nitrogens with one attached hydrogen (secondary N) is 1. The molecule has 0 amide bonds. The Kier molecular flexibility index (Phi) is 4.02. The summed E-state index contributed by atoms with van der Waals surface area (Å²) in [5.74, 6) is -0.177. The van der Waals surface area contributed by atoms with Gasteiger partial charge in [-0.05, 0) is 31.4 Å². The maximum Gasteiger partial charge on any atom is 0.138 e. The summed E-state index contributed by atoms with van der Waals surface area (Å²) in [6, 6.07) is 5.22. The van der Waals surface area contributed by atoms with Crippen LogP contribution in [0.4, 0.5) is 10.1 Å². The van der Waals surface area contributed by atoms with Crippen LogP contribution in [0.25, 0.3) is 0 Å². The van der Waals surface area contributed by atoms with E-state index in [1.54, 1.807) is 17.4 Å². The molecule has 1 N–H and O–H groups in total. The Morgan fingerprint density at radius 3 is 2.88 bits per heavy atom. The highest BCUT2D eigenvalue weighted by atomic mass is 32.2. The lowest BCUT2D eigenvalue weighted by Crippen LogP contribution is -1.99. The molecule has 1 heterocycles. The van der Waals surface area contributed by atoms with Gasteiger partial charge in [-0.15, -0.1) is 23.1 Å². The van der Waals surface area contributed by atoms with E-state index in [0.717, 1.165) is 11.4 Å². The Morgan fingerprint density at radius 1 is 1.47 bits per heavy atom. The van der Waals surface area contributed by atoms with E-state index >= 15 is 0 Å². The molecule has 2 aromatic rings. The molecule has 0 spiro atoms. The van der Waals surface area contributed by atoms with Crippen LogP contribution in [0.3, 0.4) is 0 Å². The molecule has 5 heteroatoms. The highest BCUT2D eigenvalue weighted by Gasteiger charge is 2.04. The highest BCUT2D eigenvalue weighted by Crippen LogP contribution is 2.23. The molecule has 0 aliphatic rings. The third kappa shape index (κ3) is 2.98. The first kappa shape index (κ1) is 12.4. The molecule has 0 bridgehead atoms. The molecule has 2 rings (SSSR count). The van der Waals surface area contributed by atoms with Crippen molar-refractivity contribution in [2.75, 3.05) is 11.6 Å².